The van der Waals surface area contributed by atoms with Crippen molar-refractivity contribution in [3.8, 4) is 0 Å². The Morgan fingerprint density at radius 1 is 1.12 bits per heavy atom. The highest BCUT2D eigenvalue weighted by Gasteiger charge is 2.42. The van der Waals surface area contributed by atoms with E-state index in [-0.39, 0.29) is 17.3 Å². The third-order valence-electron chi connectivity index (χ3n) is 5.87. The smallest absolute Gasteiger partial charge is 0.256 e. The molecule has 0 aromatic heterocycles. The molecule has 0 saturated carbocycles. The standard InChI is InChI=1S/C19H28FN3O2/c1-21-12-8-19(9-13-21)14-23(11-3-10-22(19)2)18(25)17(24)15-4-6-16(20)7-5-15/h4-7,17,24H,3,8-14H2,1-2H3/t17-/m0/s1. The summed E-state index contributed by atoms with van der Waals surface area (Å²) in [6.45, 7) is 4.30. The van der Waals surface area contributed by atoms with Gasteiger partial charge >= 0.3 is 0 Å². The quantitative estimate of drug-likeness (QED) is 0.879. The van der Waals surface area contributed by atoms with E-state index in [2.05, 4.69) is 23.9 Å². The van der Waals surface area contributed by atoms with Crippen LogP contribution in [0.15, 0.2) is 24.3 Å². The van der Waals surface area contributed by atoms with Gasteiger partial charge in [-0.25, -0.2) is 4.39 Å². The van der Waals surface area contributed by atoms with Gasteiger partial charge in [-0.2, -0.15) is 0 Å². The molecule has 1 aromatic carbocycles. The predicted octanol–water partition coefficient (Wildman–Crippen LogP) is 1.49. The zero-order chi connectivity index (χ0) is 18.0. The Morgan fingerprint density at radius 3 is 2.40 bits per heavy atom. The van der Waals surface area contributed by atoms with Crippen molar-refractivity contribution < 1.29 is 14.3 Å². The number of piperidine rings is 1. The number of halogens is 1. The molecule has 3 rings (SSSR count). The monoisotopic (exact) mass is 349 g/mol. The first-order valence-corrected chi connectivity index (χ1v) is 9.03. The van der Waals surface area contributed by atoms with Crippen molar-refractivity contribution in [2.24, 2.45) is 0 Å². The number of hydrogen-bond acceptors (Lipinski definition) is 4. The number of nitrogens with zero attached hydrogens (tertiary/aromatic N) is 3. The summed E-state index contributed by atoms with van der Waals surface area (Å²) >= 11 is 0. The number of rotatable bonds is 2. The number of aliphatic hydroxyl groups excluding tert-OH is 1. The minimum Gasteiger partial charge on any atom is -0.378 e. The maximum atomic E-state index is 13.1. The lowest BCUT2D eigenvalue weighted by molar-refractivity contribution is -0.142. The molecule has 2 fully saturated rings. The molecule has 5 nitrogen and oxygen atoms in total. The molecule has 1 atom stereocenters. The van der Waals surface area contributed by atoms with E-state index in [1.807, 2.05) is 4.90 Å². The molecule has 0 unspecified atom stereocenters. The van der Waals surface area contributed by atoms with Crippen LogP contribution in [0.5, 0.6) is 0 Å². The van der Waals surface area contributed by atoms with Crippen LogP contribution in [0.3, 0.4) is 0 Å². The van der Waals surface area contributed by atoms with Crippen molar-refractivity contribution >= 4 is 5.91 Å². The Morgan fingerprint density at radius 2 is 1.76 bits per heavy atom. The number of likely N-dealkylation sites (tertiary alicyclic amines) is 1. The first kappa shape index (κ1) is 18.3. The molecule has 2 heterocycles. The van der Waals surface area contributed by atoms with Gasteiger partial charge in [0.2, 0.25) is 0 Å². The second kappa shape index (κ2) is 7.40. The van der Waals surface area contributed by atoms with Gasteiger partial charge in [-0.3, -0.25) is 9.69 Å². The van der Waals surface area contributed by atoms with Crippen LogP contribution in [0.25, 0.3) is 0 Å². The number of carbonyl (C=O) groups excluding carboxylic acids is 1. The third kappa shape index (κ3) is 3.86. The number of likely N-dealkylation sites (N-methyl/N-ethyl adjacent to an activating group) is 1. The lowest BCUT2D eigenvalue weighted by Gasteiger charge is -2.47. The van der Waals surface area contributed by atoms with Crippen molar-refractivity contribution in [1.29, 1.82) is 0 Å². The maximum Gasteiger partial charge on any atom is 0.256 e. The van der Waals surface area contributed by atoms with Gasteiger partial charge < -0.3 is 14.9 Å². The van der Waals surface area contributed by atoms with Crippen molar-refractivity contribution in [2.45, 2.75) is 30.9 Å². The van der Waals surface area contributed by atoms with Gasteiger partial charge in [0.05, 0.1) is 0 Å². The van der Waals surface area contributed by atoms with E-state index in [0.717, 1.165) is 38.9 Å². The van der Waals surface area contributed by atoms with E-state index < -0.39 is 6.10 Å². The van der Waals surface area contributed by atoms with Crippen LogP contribution in [0.4, 0.5) is 4.39 Å². The summed E-state index contributed by atoms with van der Waals surface area (Å²) in [7, 11) is 4.28. The summed E-state index contributed by atoms with van der Waals surface area (Å²) in [5, 5.41) is 10.5. The minimum absolute atomic E-state index is 0.0127. The third-order valence-corrected chi connectivity index (χ3v) is 5.87. The first-order chi connectivity index (χ1) is 11.9. The van der Waals surface area contributed by atoms with E-state index >= 15 is 0 Å². The molecule has 0 radical (unpaired) electrons. The zero-order valence-electron chi connectivity index (χ0n) is 15.1. The summed E-state index contributed by atoms with van der Waals surface area (Å²) in [5.41, 5.74) is 0.433. The van der Waals surface area contributed by atoms with E-state index in [1.165, 1.54) is 24.3 Å². The number of carbonyl (C=O) groups is 1. The molecule has 6 heteroatoms. The number of benzene rings is 1. The minimum atomic E-state index is -1.23. The molecule has 2 aliphatic rings. The topological polar surface area (TPSA) is 47.0 Å². The molecule has 1 spiro atoms. The number of aliphatic hydroxyl groups is 1. The Balaban J connectivity index is 1.76. The molecule has 25 heavy (non-hydrogen) atoms. The largest absolute Gasteiger partial charge is 0.378 e. The van der Waals surface area contributed by atoms with E-state index in [1.54, 1.807) is 0 Å². The fourth-order valence-electron chi connectivity index (χ4n) is 4.01. The lowest BCUT2D eigenvalue weighted by Crippen LogP contribution is -2.58. The van der Waals surface area contributed by atoms with Crippen molar-refractivity contribution in [3.63, 3.8) is 0 Å². The zero-order valence-corrected chi connectivity index (χ0v) is 15.1. The van der Waals surface area contributed by atoms with Gasteiger partial charge in [-0.05, 0) is 64.1 Å². The van der Waals surface area contributed by atoms with Gasteiger partial charge in [-0.1, -0.05) is 12.1 Å². The summed E-state index contributed by atoms with van der Waals surface area (Å²) in [4.78, 5) is 19.4. The van der Waals surface area contributed by atoms with Crippen LogP contribution in [0, 0.1) is 5.82 Å². The lowest BCUT2D eigenvalue weighted by atomic mass is 9.85. The van der Waals surface area contributed by atoms with Crippen LogP contribution in [-0.4, -0.2) is 78.1 Å². The number of hydrogen-bond donors (Lipinski definition) is 1. The summed E-state index contributed by atoms with van der Waals surface area (Å²) in [5.74, 6) is -0.648. The predicted molar refractivity (Wildman–Crippen MR) is 94.6 cm³/mol. The molecule has 2 saturated heterocycles. The average Bonchev–Trinajstić information content (AvgIpc) is 2.77. The normalized spacial score (nSPS) is 23.4. The Kier molecular flexibility index (Phi) is 5.41. The Bertz CT molecular complexity index is 599. The fraction of sp³-hybridized carbons (Fsp3) is 0.632. The van der Waals surface area contributed by atoms with E-state index in [9.17, 15) is 14.3 Å². The summed E-state index contributed by atoms with van der Waals surface area (Å²) in [6, 6.07) is 5.52. The van der Waals surface area contributed by atoms with Crippen molar-refractivity contribution in [2.75, 3.05) is 46.8 Å². The molecular formula is C19H28FN3O2. The molecule has 2 aliphatic heterocycles. The van der Waals surface area contributed by atoms with Crippen LogP contribution < -0.4 is 0 Å². The summed E-state index contributed by atoms with van der Waals surface area (Å²) in [6.07, 6.45) is 1.72. The number of amides is 1. The second-order valence-electron chi connectivity index (χ2n) is 7.52. The molecule has 0 bridgehead atoms. The molecule has 1 aromatic rings. The van der Waals surface area contributed by atoms with E-state index in [4.69, 9.17) is 0 Å². The maximum absolute atomic E-state index is 13.1. The van der Waals surface area contributed by atoms with Crippen LogP contribution >= 0.6 is 0 Å². The first-order valence-electron chi connectivity index (χ1n) is 9.03. The highest BCUT2D eigenvalue weighted by atomic mass is 19.1. The van der Waals surface area contributed by atoms with Crippen LogP contribution in [0.2, 0.25) is 0 Å². The van der Waals surface area contributed by atoms with Crippen molar-refractivity contribution in [1.82, 2.24) is 14.7 Å². The van der Waals surface area contributed by atoms with Gasteiger partial charge in [0.1, 0.15) is 5.82 Å². The molecule has 138 valence electrons. The molecule has 1 N–H and O–H groups in total. The summed E-state index contributed by atoms with van der Waals surface area (Å²) < 4.78 is 13.1. The Labute approximate surface area is 149 Å². The molecule has 0 aliphatic carbocycles. The molecular weight excluding hydrogens is 321 g/mol. The highest BCUT2D eigenvalue weighted by molar-refractivity contribution is 5.82. The SMILES string of the molecule is CN1CCC2(CC1)CN(C(=O)[C@@H](O)c1ccc(F)cc1)CCCN2C. The van der Waals surface area contributed by atoms with Gasteiger partial charge in [0.25, 0.3) is 5.91 Å². The van der Waals surface area contributed by atoms with Gasteiger partial charge in [-0.15, -0.1) is 0 Å². The van der Waals surface area contributed by atoms with Gasteiger partial charge in [0, 0.05) is 25.2 Å². The second-order valence-corrected chi connectivity index (χ2v) is 7.52. The van der Waals surface area contributed by atoms with Crippen molar-refractivity contribution in [3.05, 3.63) is 35.6 Å². The average molecular weight is 349 g/mol. The van der Waals surface area contributed by atoms with Crippen LogP contribution in [0.1, 0.15) is 30.9 Å². The van der Waals surface area contributed by atoms with Gasteiger partial charge in [0.15, 0.2) is 6.10 Å². The van der Waals surface area contributed by atoms with Crippen LogP contribution in [-0.2, 0) is 4.79 Å². The fourth-order valence-corrected chi connectivity index (χ4v) is 4.01. The van der Waals surface area contributed by atoms with E-state index in [0.29, 0.717) is 18.7 Å². The Hall–Kier alpha value is -1.50. The molecule has 1 amide bonds. The highest BCUT2D eigenvalue weighted by Crippen LogP contribution is 2.32.